The second-order valence-electron chi connectivity index (χ2n) is 5.72. The molecular weight excluding hydrogens is 374 g/mol. The molecule has 2 unspecified atom stereocenters. The summed E-state index contributed by atoms with van der Waals surface area (Å²) < 4.78 is 32.5. The summed E-state index contributed by atoms with van der Waals surface area (Å²) in [6, 6.07) is 11.3. The molecule has 146 valence electrons. The number of esters is 1. The largest absolute Gasteiger partial charge is 0.448 e. The van der Waals surface area contributed by atoms with Crippen LogP contribution in [0.4, 0.5) is 20.2 Å². The highest BCUT2D eigenvalue weighted by Crippen LogP contribution is 2.18. The number of anilines is 2. The van der Waals surface area contributed by atoms with Gasteiger partial charge in [-0.05, 0) is 24.3 Å². The van der Waals surface area contributed by atoms with Crippen molar-refractivity contribution in [1.82, 2.24) is 0 Å². The Morgan fingerprint density at radius 3 is 2.07 bits per heavy atom. The topological polar surface area (TPSA) is 116 Å². The SMILES string of the molecule is O=C1OC(C(O)CO)C(=NNc2ccccc2F)C1=NNc1ccccc1F. The number of carbonyl (C=O) groups is 1. The minimum Gasteiger partial charge on any atom is -0.448 e. The van der Waals surface area contributed by atoms with Crippen LogP contribution in [-0.2, 0) is 9.53 Å². The number of ether oxygens (including phenoxy) is 1. The van der Waals surface area contributed by atoms with Gasteiger partial charge in [0, 0.05) is 0 Å². The Balaban J connectivity index is 1.92. The van der Waals surface area contributed by atoms with Crippen LogP contribution in [0.3, 0.4) is 0 Å². The van der Waals surface area contributed by atoms with E-state index in [0.717, 1.165) is 0 Å². The first kappa shape index (κ1) is 19.4. The molecule has 0 radical (unpaired) electrons. The summed E-state index contributed by atoms with van der Waals surface area (Å²) in [4.78, 5) is 12.1. The van der Waals surface area contributed by atoms with Gasteiger partial charge in [0.1, 0.15) is 23.5 Å². The Morgan fingerprint density at radius 2 is 1.54 bits per heavy atom. The van der Waals surface area contributed by atoms with E-state index in [1.54, 1.807) is 12.1 Å². The second kappa shape index (κ2) is 8.55. The molecule has 0 aromatic heterocycles. The highest BCUT2D eigenvalue weighted by atomic mass is 19.1. The maximum absolute atomic E-state index is 13.8. The Morgan fingerprint density at radius 1 is 1.00 bits per heavy atom. The molecular formula is C18H16F2N4O4. The molecule has 0 amide bonds. The van der Waals surface area contributed by atoms with Gasteiger partial charge >= 0.3 is 5.97 Å². The summed E-state index contributed by atoms with van der Waals surface area (Å²) >= 11 is 0. The van der Waals surface area contributed by atoms with Crippen LogP contribution in [-0.4, -0.2) is 46.4 Å². The van der Waals surface area contributed by atoms with E-state index in [1.807, 2.05) is 0 Å². The van der Waals surface area contributed by atoms with E-state index in [-0.39, 0.29) is 22.8 Å². The molecule has 2 aromatic rings. The van der Waals surface area contributed by atoms with Crippen molar-refractivity contribution in [2.75, 3.05) is 17.5 Å². The zero-order chi connectivity index (χ0) is 20.1. The lowest BCUT2D eigenvalue weighted by molar-refractivity contribution is -0.140. The summed E-state index contributed by atoms with van der Waals surface area (Å²) in [5.41, 5.74) is 4.28. The molecule has 1 aliphatic heterocycles. The fraction of sp³-hybridized carbons (Fsp3) is 0.167. The van der Waals surface area contributed by atoms with Crippen molar-refractivity contribution in [2.45, 2.75) is 12.2 Å². The maximum atomic E-state index is 13.8. The first-order valence-electron chi connectivity index (χ1n) is 8.18. The zero-order valence-corrected chi connectivity index (χ0v) is 14.3. The van der Waals surface area contributed by atoms with Gasteiger partial charge < -0.3 is 14.9 Å². The number of aliphatic hydroxyl groups is 2. The number of nitrogens with one attached hydrogen (secondary N) is 2. The number of hydrogen-bond donors (Lipinski definition) is 4. The average molecular weight is 390 g/mol. The first-order chi connectivity index (χ1) is 13.5. The van der Waals surface area contributed by atoms with E-state index in [0.29, 0.717) is 0 Å². The monoisotopic (exact) mass is 390 g/mol. The third-order valence-electron chi connectivity index (χ3n) is 3.81. The lowest BCUT2D eigenvalue weighted by Crippen LogP contribution is -2.36. The molecule has 1 fully saturated rings. The van der Waals surface area contributed by atoms with Crippen LogP contribution in [0.25, 0.3) is 0 Å². The van der Waals surface area contributed by atoms with Gasteiger partial charge in [0.05, 0.1) is 18.0 Å². The predicted octanol–water partition coefficient (Wildman–Crippen LogP) is 1.48. The molecule has 1 heterocycles. The Bertz CT molecular complexity index is 935. The standard InChI is InChI=1S/C18H16F2N4O4/c19-10-5-1-3-7-12(10)21-23-15-16(18(27)28-17(15)14(26)9-25)24-22-13-8-4-2-6-11(13)20/h1-8,14,17,21-22,25-26H,9H2. The first-order valence-corrected chi connectivity index (χ1v) is 8.18. The van der Waals surface area contributed by atoms with Gasteiger partial charge in [-0.25, -0.2) is 13.6 Å². The molecule has 2 aromatic carbocycles. The number of carbonyl (C=O) groups excluding carboxylic acids is 1. The van der Waals surface area contributed by atoms with Crippen LogP contribution < -0.4 is 10.9 Å². The average Bonchev–Trinajstić information content (AvgIpc) is 3.01. The van der Waals surface area contributed by atoms with Crippen molar-refractivity contribution in [3.8, 4) is 0 Å². The van der Waals surface area contributed by atoms with Gasteiger partial charge in [0.15, 0.2) is 11.8 Å². The molecule has 0 spiro atoms. The van der Waals surface area contributed by atoms with Gasteiger partial charge in [-0.3, -0.25) is 10.9 Å². The maximum Gasteiger partial charge on any atom is 0.361 e. The minimum atomic E-state index is -1.48. The molecule has 10 heteroatoms. The smallest absolute Gasteiger partial charge is 0.361 e. The molecule has 3 rings (SSSR count). The molecule has 0 saturated carbocycles. The zero-order valence-electron chi connectivity index (χ0n) is 14.3. The summed E-state index contributed by atoms with van der Waals surface area (Å²) in [5, 5.41) is 26.8. The van der Waals surface area contributed by atoms with Gasteiger partial charge in [-0.1, -0.05) is 24.3 Å². The summed E-state index contributed by atoms with van der Waals surface area (Å²) in [6.07, 6.45) is -2.82. The number of nitrogens with zero attached hydrogens (tertiary/aromatic N) is 2. The van der Waals surface area contributed by atoms with E-state index in [2.05, 4.69) is 21.1 Å². The van der Waals surface area contributed by atoms with Crippen molar-refractivity contribution in [3.63, 3.8) is 0 Å². The van der Waals surface area contributed by atoms with Crippen LogP contribution in [0, 0.1) is 11.6 Å². The van der Waals surface area contributed by atoms with Crippen molar-refractivity contribution in [2.24, 2.45) is 10.2 Å². The molecule has 28 heavy (non-hydrogen) atoms. The van der Waals surface area contributed by atoms with Crippen molar-refractivity contribution >= 4 is 28.8 Å². The van der Waals surface area contributed by atoms with E-state index >= 15 is 0 Å². The van der Waals surface area contributed by atoms with Crippen molar-refractivity contribution in [3.05, 3.63) is 60.2 Å². The summed E-state index contributed by atoms with van der Waals surface area (Å²) in [5.74, 6) is -2.15. The predicted molar refractivity (Wildman–Crippen MR) is 97.9 cm³/mol. The fourth-order valence-corrected chi connectivity index (χ4v) is 2.38. The quantitative estimate of drug-likeness (QED) is 0.439. The number of hydrogen-bond acceptors (Lipinski definition) is 8. The van der Waals surface area contributed by atoms with Gasteiger partial charge in [0.25, 0.3) is 0 Å². The van der Waals surface area contributed by atoms with E-state index in [4.69, 9.17) is 4.74 Å². The van der Waals surface area contributed by atoms with Crippen molar-refractivity contribution < 1.29 is 28.5 Å². The molecule has 0 bridgehead atoms. The van der Waals surface area contributed by atoms with Crippen LogP contribution >= 0.6 is 0 Å². The highest BCUT2D eigenvalue weighted by Gasteiger charge is 2.42. The molecule has 1 saturated heterocycles. The van der Waals surface area contributed by atoms with Crippen LogP contribution in [0.15, 0.2) is 58.7 Å². The fourth-order valence-electron chi connectivity index (χ4n) is 2.38. The second-order valence-corrected chi connectivity index (χ2v) is 5.72. The lowest BCUT2D eigenvalue weighted by Gasteiger charge is -2.14. The molecule has 0 aliphatic carbocycles. The highest BCUT2D eigenvalue weighted by molar-refractivity contribution is 6.69. The molecule has 4 N–H and O–H groups in total. The van der Waals surface area contributed by atoms with E-state index < -0.39 is 36.4 Å². The van der Waals surface area contributed by atoms with Crippen molar-refractivity contribution in [1.29, 1.82) is 0 Å². The number of para-hydroxylation sites is 2. The van der Waals surface area contributed by atoms with E-state index in [1.165, 1.54) is 36.4 Å². The normalized spacial score (nSPS) is 20.3. The Labute approximate surface area is 158 Å². The van der Waals surface area contributed by atoms with Gasteiger partial charge in [-0.2, -0.15) is 10.2 Å². The summed E-state index contributed by atoms with van der Waals surface area (Å²) in [6.45, 7) is -0.718. The third kappa shape index (κ3) is 4.13. The lowest BCUT2D eigenvalue weighted by atomic mass is 10.1. The third-order valence-corrected chi connectivity index (χ3v) is 3.81. The van der Waals surface area contributed by atoms with Crippen LogP contribution in [0.5, 0.6) is 0 Å². The number of hydrazone groups is 2. The Kier molecular flexibility index (Phi) is 5.92. The van der Waals surface area contributed by atoms with E-state index in [9.17, 15) is 23.8 Å². The number of rotatable bonds is 6. The number of halogens is 2. The van der Waals surface area contributed by atoms with Gasteiger partial charge in [-0.15, -0.1) is 0 Å². The van der Waals surface area contributed by atoms with Crippen LogP contribution in [0.1, 0.15) is 0 Å². The minimum absolute atomic E-state index is 0.00429. The summed E-state index contributed by atoms with van der Waals surface area (Å²) in [7, 11) is 0. The molecule has 1 aliphatic rings. The Hall–Kier alpha value is -3.37. The van der Waals surface area contributed by atoms with Crippen LogP contribution in [0.2, 0.25) is 0 Å². The molecule has 2 atom stereocenters. The number of benzene rings is 2. The molecule has 8 nitrogen and oxygen atoms in total. The number of cyclic esters (lactones) is 1. The van der Waals surface area contributed by atoms with Gasteiger partial charge in [0.2, 0.25) is 0 Å². The number of aliphatic hydroxyl groups excluding tert-OH is 2.